The Hall–Kier alpha value is -0.990. The van der Waals surface area contributed by atoms with Crippen LogP contribution in [0.3, 0.4) is 0 Å². The molecule has 0 amide bonds. The van der Waals surface area contributed by atoms with Crippen molar-refractivity contribution in [1.82, 2.24) is 9.78 Å². The Morgan fingerprint density at radius 3 is 2.88 bits per heavy atom. The number of aromatic nitrogens is 2. The minimum atomic E-state index is 0.567. The summed E-state index contributed by atoms with van der Waals surface area (Å²) in [6, 6.07) is 0.567. The molecule has 1 fully saturated rings. The number of nitrogens with zero attached hydrogens (tertiary/aromatic N) is 2. The lowest BCUT2D eigenvalue weighted by Crippen LogP contribution is -2.18. The highest BCUT2D eigenvalue weighted by Gasteiger charge is 2.17. The average molecular weight is 221 g/mol. The van der Waals surface area contributed by atoms with Crippen LogP contribution in [-0.2, 0) is 6.54 Å². The summed E-state index contributed by atoms with van der Waals surface area (Å²) in [5, 5.41) is 7.81. The third-order valence-corrected chi connectivity index (χ3v) is 3.53. The Kier molecular flexibility index (Phi) is 3.86. The van der Waals surface area contributed by atoms with Crippen LogP contribution in [0, 0.1) is 5.92 Å². The van der Waals surface area contributed by atoms with Gasteiger partial charge in [-0.05, 0) is 26.2 Å². The van der Waals surface area contributed by atoms with Crippen LogP contribution in [0.5, 0.6) is 0 Å². The van der Waals surface area contributed by atoms with Gasteiger partial charge in [-0.25, -0.2) is 0 Å². The molecule has 0 bridgehead atoms. The summed E-state index contributed by atoms with van der Waals surface area (Å²) in [6.45, 7) is 5.33. The molecule has 90 valence electrons. The summed E-state index contributed by atoms with van der Waals surface area (Å²) >= 11 is 0. The second kappa shape index (κ2) is 5.37. The van der Waals surface area contributed by atoms with Crippen molar-refractivity contribution in [2.75, 3.05) is 5.32 Å². The Morgan fingerprint density at radius 2 is 2.25 bits per heavy atom. The van der Waals surface area contributed by atoms with E-state index in [1.165, 1.54) is 32.1 Å². The van der Waals surface area contributed by atoms with Gasteiger partial charge in [-0.3, -0.25) is 4.68 Å². The van der Waals surface area contributed by atoms with Gasteiger partial charge in [0.25, 0.3) is 0 Å². The Balaban J connectivity index is 1.79. The maximum Gasteiger partial charge on any atom is 0.0728 e. The Bertz CT molecular complexity index is 313. The molecule has 3 nitrogen and oxygen atoms in total. The van der Waals surface area contributed by atoms with Gasteiger partial charge in [-0.2, -0.15) is 5.10 Å². The molecule has 1 aromatic heterocycles. The van der Waals surface area contributed by atoms with Crippen molar-refractivity contribution in [2.24, 2.45) is 5.92 Å². The standard InChI is InChI=1S/C13H23N3/c1-3-16-10-13(9-14-16)15-11(2)8-12-6-4-5-7-12/h9-12,15H,3-8H2,1-2H3. The lowest BCUT2D eigenvalue weighted by molar-refractivity contribution is 0.472. The van der Waals surface area contributed by atoms with Crippen molar-refractivity contribution in [2.45, 2.75) is 58.5 Å². The molecule has 3 heteroatoms. The minimum absolute atomic E-state index is 0.567. The van der Waals surface area contributed by atoms with Gasteiger partial charge < -0.3 is 5.32 Å². The predicted octanol–water partition coefficient (Wildman–Crippen LogP) is 3.28. The van der Waals surface area contributed by atoms with Crippen molar-refractivity contribution in [3.63, 3.8) is 0 Å². The molecule has 16 heavy (non-hydrogen) atoms. The summed E-state index contributed by atoms with van der Waals surface area (Å²) in [4.78, 5) is 0. The van der Waals surface area contributed by atoms with E-state index in [9.17, 15) is 0 Å². The van der Waals surface area contributed by atoms with Gasteiger partial charge in [-0.15, -0.1) is 0 Å². The van der Waals surface area contributed by atoms with Crippen LogP contribution >= 0.6 is 0 Å². The molecule has 0 aromatic carbocycles. The van der Waals surface area contributed by atoms with Crippen molar-refractivity contribution in [3.8, 4) is 0 Å². The van der Waals surface area contributed by atoms with Crippen LogP contribution in [-0.4, -0.2) is 15.8 Å². The van der Waals surface area contributed by atoms with Crippen molar-refractivity contribution < 1.29 is 0 Å². The van der Waals surface area contributed by atoms with Gasteiger partial charge in [0.15, 0.2) is 0 Å². The van der Waals surface area contributed by atoms with Gasteiger partial charge >= 0.3 is 0 Å². The van der Waals surface area contributed by atoms with E-state index in [1.807, 2.05) is 10.9 Å². The minimum Gasteiger partial charge on any atom is -0.380 e. The first kappa shape index (κ1) is 11.5. The van der Waals surface area contributed by atoms with E-state index in [-0.39, 0.29) is 0 Å². The number of anilines is 1. The van der Waals surface area contributed by atoms with Crippen molar-refractivity contribution in [1.29, 1.82) is 0 Å². The lowest BCUT2D eigenvalue weighted by Gasteiger charge is -2.17. The fourth-order valence-electron chi connectivity index (χ4n) is 2.70. The molecule has 0 radical (unpaired) electrons. The third kappa shape index (κ3) is 3.00. The van der Waals surface area contributed by atoms with Gasteiger partial charge in [0, 0.05) is 18.8 Å². The van der Waals surface area contributed by atoms with E-state index in [0.29, 0.717) is 6.04 Å². The molecule has 1 N–H and O–H groups in total. The van der Waals surface area contributed by atoms with E-state index >= 15 is 0 Å². The van der Waals surface area contributed by atoms with E-state index in [2.05, 4.69) is 30.5 Å². The van der Waals surface area contributed by atoms with Crippen molar-refractivity contribution in [3.05, 3.63) is 12.4 Å². The molecule has 1 aliphatic rings. The molecule has 1 heterocycles. The molecule has 1 aromatic rings. The maximum absolute atomic E-state index is 4.27. The molecule has 0 aliphatic heterocycles. The average Bonchev–Trinajstić information content (AvgIpc) is 2.89. The highest BCUT2D eigenvalue weighted by molar-refractivity contribution is 5.39. The van der Waals surface area contributed by atoms with Crippen molar-refractivity contribution >= 4 is 5.69 Å². The topological polar surface area (TPSA) is 29.9 Å². The molecular weight excluding hydrogens is 198 g/mol. The van der Waals surface area contributed by atoms with Crippen LogP contribution in [0.4, 0.5) is 5.69 Å². The fraction of sp³-hybridized carbons (Fsp3) is 0.769. The number of nitrogens with one attached hydrogen (secondary N) is 1. The van der Waals surface area contributed by atoms with Crippen LogP contribution < -0.4 is 5.32 Å². The number of rotatable bonds is 5. The van der Waals surface area contributed by atoms with Crippen LogP contribution in [0.25, 0.3) is 0 Å². The van der Waals surface area contributed by atoms with E-state index < -0.39 is 0 Å². The zero-order chi connectivity index (χ0) is 11.4. The fourth-order valence-corrected chi connectivity index (χ4v) is 2.70. The number of aryl methyl sites for hydroxylation is 1. The molecule has 2 rings (SSSR count). The first-order valence-corrected chi connectivity index (χ1v) is 6.57. The highest BCUT2D eigenvalue weighted by atomic mass is 15.3. The highest BCUT2D eigenvalue weighted by Crippen LogP contribution is 2.29. The first-order chi connectivity index (χ1) is 7.78. The summed E-state index contributed by atoms with van der Waals surface area (Å²) in [6.07, 6.45) is 11.0. The van der Waals surface area contributed by atoms with Gasteiger partial charge in [-0.1, -0.05) is 25.7 Å². The molecule has 0 spiro atoms. The predicted molar refractivity (Wildman–Crippen MR) is 67.6 cm³/mol. The zero-order valence-electron chi connectivity index (χ0n) is 10.4. The van der Waals surface area contributed by atoms with Gasteiger partial charge in [0.2, 0.25) is 0 Å². The number of hydrogen-bond acceptors (Lipinski definition) is 2. The summed E-state index contributed by atoms with van der Waals surface area (Å²) in [7, 11) is 0. The quantitative estimate of drug-likeness (QED) is 0.827. The largest absolute Gasteiger partial charge is 0.380 e. The second-order valence-corrected chi connectivity index (χ2v) is 5.02. The summed E-state index contributed by atoms with van der Waals surface area (Å²) in [5.74, 6) is 0.948. The summed E-state index contributed by atoms with van der Waals surface area (Å²) in [5.41, 5.74) is 1.16. The summed E-state index contributed by atoms with van der Waals surface area (Å²) < 4.78 is 1.96. The second-order valence-electron chi connectivity index (χ2n) is 5.02. The molecule has 1 saturated carbocycles. The van der Waals surface area contributed by atoms with Gasteiger partial charge in [0.1, 0.15) is 0 Å². The van der Waals surface area contributed by atoms with Crippen LogP contribution in [0.15, 0.2) is 12.4 Å². The molecular formula is C13H23N3. The SMILES string of the molecule is CCn1cc(NC(C)CC2CCCC2)cn1. The van der Waals surface area contributed by atoms with Gasteiger partial charge in [0.05, 0.1) is 11.9 Å². The van der Waals surface area contributed by atoms with Crippen LogP contribution in [0.2, 0.25) is 0 Å². The van der Waals surface area contributed by atoms with E-state index in [4.69, 9.17) is 0 Å². The Morgan fingerprint density at radius 1 is 1.50 bits per heavy atom. The molecule has 1 unspecified atom stereocenters. The first-order valence-electron chi connectivity index (χ1n) is 6.57. The zero-order valence-corrected chi connectivity index (χ0v) is 10.4. The van der Waals surface area contributed by atoms with Crippen LogP contribution in [0.1, 0.15) is 46.0 Å². The maximum atomic E-state index is 4.27. The lowest BCUT2D eigenvalue weighted by atomic mass is 9.99. The molecule has 0 saturated heterocycles. The van der Waals surface area contributed by atoms with E-state index in [1.54, 1.807) is 0 Å². The Labute approximate surface area is 98.2 Å². The normalized spacial score (nSPS) is 18.9. The number of hydrogen-bond donors (Lipinski definition) is 1. The smallest absolute Gasteiger partial charge is 0.0728 e. The third-order valence-electron chi connectivity index (χ3n) is 3.53. The van der Waals surface area contributed by atoms with E-state index in [0.717, 1.165) is 18.2 Å². The molecule has 1 atom stereocenters. The monoisotopic (exact) mass is 221 g/mol. The molecule has 1 aliphatic carbocycles.